The Balaban J connectivity index is 1.56. The Morgan fingerprint density at radius 3 is 2.40 bits per heavy atom. The lowest BCUT2D eigenvalue weighted by Gasteiger charge is -2.35. The molecule has 182 valence electrons. The lowest BCUT2D eigenvalue weighted by Crippen LogP contribution is -2.52. The molecule has 2 fully saturated rings. The Morgan fingerprint density at radius 2 is 1.66 bits per heavy atom. The van der Waals surface area contributed by atoms with Gasteiger partial charge in [0.25, 0.3) is 0 Å². The van der Waals surface area contributed by atoms with Crippen molar-refractivity contribution in [1.29, 1.82) is 0 Å². The number of amides is 1. The Bertz CT molecular complexity index is 1190. The maximum absolute atomic E-state index is 12.6. The van der Waals surface area contributed by atoms with E-state index >= 15 is 0 Å². The van der Waals surface area contributed by atoms with Gasteiger partial charge < -0.3 is 14.8 Å². The van der Waals surface area contributed by atoms with Crippen molar-refractivity contribution in [2.75, 3.05) is 14.2 Å². The van der Waals surface area contributed by atoms with Gasteiger partial charge in [-0.2, -0.15) is 0 Å². The molecule has 0 saturated carbocycles. The van der Waals surface area contributed by atoms with Crippen molar-refractivity contribution in [3.63, 3.8) is 0 Å². The SMILES string of the molecule is COc1ccc([C@@H]2C[C@]3(C)NC(=O)CCC[C@@H]3N2Cc2ccccc2-c2ccccc2OC)cc1. The first-order valence-electron chi connectivity index (χ1n) is 12.4. The molecular formula is C30H34N2O3. The summed E-state index contributed by atoms with van der Waals surface area (Å²) in [6.45, 7) is 3.02. The van der Waals surface area contributed by atoms with Gasteiger partial charge in [-0.1, -0.05) is 54.6 Å². The fourth-order valence-electron chi connectivity index (χ4n) is 6.03. The van der Waals surface area contributed by atoms with E-state index in [0.29, 0.717) is 6.42 Å². The maximum Gasteiger partial charge on any atom is 0.220 e. The smallest absolute Gasteiger partial charge is 0.220 e. The number of fused-ring (bicyclic) bond motifs is 1. The number of nitrogens with zero attached hydrogens (tertiary/aromatic N) is 1. The van der Waals surface area contributed by atoms with Crippen LogP contribution in [-0.2, 0) is 11.3 Å². The van der Waals surface area contributed by atoms with E-state index < -0.39 is 0 Å². The molecule has 3 aromatic rings. The van der Waals surface area contributed by atoms with Crippen LogP contribution in [0, 0.1) is 0 Å². The third-order valence-corrected chi connectivity index (χ3v) is 7.73. The van der Waals surface area contributed by atoms with Crippen LogP contribution in [0.25, 0.3) is 11.1 Å². The van der Waals surface area contributed by atoms with Crippen LogP contribution in [0.15, 0.2) is 72.8 Å². The van der Waals surface area contributed by atoms with Gasteiger partial charge in [0, 0.05) is 30.6 Å². The van der Waals surface area contributed by atoms with Crippen molar-refractivity contribution >= 4 is 5.91 Å². The molecule has 3 atom stereocenters. The number of likely N-dealkylation sites (tertiary alicyclic amines) is 1. The largest absolute Gasteiger partial charge is 0.497 e. The van der Waals surface area contributed by atoms with Crippen molar-refractivity contribution in [3.8, 4) is 22.6 Å². The van der Waals surface area contributed by atoms with Crippen LogP contribution >= 0.6 is 0 Å². The second-order valence-corrected chi connectivity index (χ2v) is 9.90. The maximum atomic E-state index is 12.6. The second kappa shape index (κ2) is 9.74. The van der Waals surface area contributed by atoms with Crippen molar-refractivity contribution in [1.82, 2.24) is 10.2 Å². The first-order chi connectivity index (χ1) is 17.0. The monoisotopic (exact) mass is 470 g/mol. The van der Waals surface area contributed by atoms with Crippen molar-refractivity contribution in [2.45, 2.75) is 56.8 Å². The number of carbonyl (C=O) groups excluding carboxylic acids is 1. The first-order valence-corrected chi connectivity index (χ1v) is 12.4. The summed E-state index contributed by atoms with van der Waals surface area (Å²) >= 11 is 0. The highest BCUT2D eigenvalue weighted by molar-refractivity contribution is 5.77. The highest BCUT2D eigenvalue weighted by Gasteiger charge is 2.51. The van der Waals surface area contributed by atoms with E-state index in [1.54, 1.807) is 14.2 Å². The van der Waals surface area contributed by atoms with E-state index in [9.17, 15) is 4.79 Å². The Kier molecular flexibility index (Phi) is 6.52. The number of benzene rings is 3. The van der Waals surface area contributed by atoms with Crippen LogP contribution in [0.2, 0.25) is 0 Å². The van der Waals surface area contributed by atoms with E-state index in [0.717, 1.165) is 42.9 Å². The van der Waals surface area contributed by atoms with Crippen molar-refractivity contribution in [2.24, 2.45) is 0 Å². The quantitative estimate of drug-likeness (QED) is 0.499. The van der Waals surface area contributed by atoms with Gasteiger partial charge in [-0.05, 0) is 61.1 Å². The van der Waals surface area contributed by atoms with Gasteiger partial charge in [-0.25, -0.2) is 0 Å². The molecule has 2 aliphatic rings. The highest BCUT2D eigenvalue weighted by Crippen LogP contribution is 2.47. The molecule has 5 rings (SSSR count). The zero-order valence-corrected chi connectivity index (χ0v) is 20.8. The lowest BCUT2D eigenvalue weighted by molar-refractivity contribution is -0.122. The molecule has 2 heterocycles. The summed E-state index contributed by atoms with van der Waals surface area (Å²) < 4.78 is 11.1. The van der Waals surface area contributed by atoms with Gasteiger partial charge in [0.05, 0.1) is 19.8 Å². The van der Waals surface area contributed by atoms with E-state index in [1.165, 1.54) is 16.7 Å². The predicted octanol–water partition coefficient (Wildman–Crippen LogP) is 5.75. The molecule has 3 aromatic carbocycles. The summed E-state index contributed by atoms with van der Waals surface area (Å²) in [6.07, 6.45) is 3.39. The van der Waals surface area contributed by atoms with E-state index in [-0.39, 0.29) is 23.5 Å². The topological polar surface area (TPSA) is 50.8 Å². The van der Waals surface area contributed by atoms with Gasteiger partial charge in [-0.15, -0.1) is 0 Å². The number of para-hydroxylation sites is 1. The zero-order chi connectivity index (χ0) is 24.4. The highest BCUT2D eigenvalue weighted by atomic mass is 16.5. The molecule has 0 aliphatic carbocycles. The van der Waals surface area contributed by atoms with E-state index in [4.69, 9.17) is 9.47 Å². The van der Waals surface area contributed by atoms with Crippen LogP contribution in [0.5, 0.6) is 11.5 Å². The van der Waals surface area contributed by atoms with Gasteiger partial charge in [0.2, 0.25) is 5.91 Å². The molecule has 2 aliphatic heterocycles. The average Bonchev–Trinajstić information content (AvgIpc) is 3.05. The average molecular weight is 471 g/mol. The number of ether oxygens (including phenoxy) is 2. The third kappa shape index (κ3) is 4.53. The van der Waals surface area contributed by atoms with Crippen LogP contribution in [0.3, 0.4) is 0 Å². The molecule has 1 amide bonds. The number of methoxy groups -OCH3 is 2. The van der Waals surface area contributed by atoms with Crippen LogP contribution < -0.4 is 14.8 Å². The third-order valence-electron chi connectivity index (χ3n) is 7.73. The molecule has 1 N–H and O–H groups in total. The molecule has 0 aromatic heterocycles. The van der Waals surface area contributed by atoms with Crippen LogP contribution in [-0.4, -0.2) is 36.6 Å². The number of hydrogen-bond acceptors (Lipinski definition) is 4. The zero-order valence-electron chi connectivity index (χ0n) is 20.8. The van der Waals surface area contributed by atoms with E-state index in [1.807, 2.05) is 24.3 Å². The normalized spacial score (nSPS) is 24.4. The number of rotatable bonds is 6. The minimum atomic E-state index is -0.266. The summed E-state index contributed by atoms with van der Waals surface area (Å²) in [7, 11) is 3.42. The molecular weight excluding hydrogens is 436 g/mol. The summed E-state index contributed by atoms with van der Waals surface area (Å²) in [6, 6.07) is 25.7. The summed E-state index contributed by atoms with van der Waals surface area (Å²) in [5.74, 6) is 1.90. The summed E-state index contributed by atoms with van der Waals surface area (Å²) in [5.41, 5.74) is 4.53. The Morgan fingerprint density at radius 1 is 0.943 bits per heavy atom. The molecule has 5 nitrogen and oxygen atoms in total. The molecule has 0 unspecified atom stereocenters. The molecule has 2 saturated heterocycles. The number of carbonyl (C=O) groups is 1. The van der Waals surface area contributed by atoms with Gasteiger partial charge in [0.15, 0.2) is 0 Å². The summed E-state index contributed by atoms with van der Waals surface area (Å²) in [4.78, 5) is 15.2. The summed E-state index contributed by atoms with van der Waals surface area (Å²) in [5, 5.41) is 3.39. The van der Waals surface area contributed by atoms with Gasteiger partial charge in [0.1, 0.15) is 11.5 Å². The molecule has 0 radical (unpaired) electrons. The molecule has 0 spiro atoms. The van der Waals surface area contributed by atoms with Gasteiger partial charge in [-0.3, -0.25) is 9.69 Å². The van der Waals surface area contributed by atoms with Crippen LogP contribution in [0.4, 0.5) is 0 Å². The first kappa shape index (κ1) is 23.4. The Labute approximate surface area is 208 Å². The Hall–Kier alpha value is -3.31. The predicted molar refractivity (Wildman–Crippen MR) is 139 cm³/mol. The van der Waals surface area contributed by atoms with Crippen LogP contribution in [0.1, 0.15) is 49.8 Å². The lowest BCUT2D eigenvalue weighted by atomic mass is 9.88. The minimum Gasteiger partial charge on any atom is -0.497 e. The number of hydrogen-bond donors (Lipinski definition) is 1. The number of nitrogens with one attached hydrogen (secondary N) is 1. The van der Waals surface area contributed by atoms with Gasteiger partial charge >= 0.3 is 0 Å². The fourth-order valence-corrected chi connectivity index (χ4v) is 6.03. The van der Waals surface area contributed by atoms with Crippen molar-refractivity contribution in [3.05, 3.63) is 83.9 Å². The molecule has 5 heteroatoms. The standard InChI is InChI=1S/C30H34N2O3/c1-30-19-26(21-15-17-23(34-2)18-16-21)32(28(30)13-8-14-29(33)31-30)20-22-9-4-5-10-24(22)25-11-6-7-12-27(25)35-3/h4-7,9-12,15-18,26,28H,8,13-14,19-20H2,1-3H3,(H,31,33)/t26-,28-,30-/m0/s1. The molecule has 0 bridgehead atoms. The van der Waals surface area contributed by atoms with E-state index in [2.05, 4.69) is 65.7 Å². The van der Waals surface area contributed by atoms with Crippen molar-refractivity contribution < 1.29 is 14.3 Å². The second-order valence-electron chi connectivity index (χ2n) is 9.90. The molecule has 35 heavy (non-hydrogen) atoms. The fraction of sp³-hybridized carbons (Fsp3) is 0.367. The minimum absolute atomic E-state index is 0.166.